The molecule has 3 aromatic rings. The van der Waals surface area contributed by atoms with Crippen LogP contribution in [0.2, 0.25) is 0 Å². The van der Waals surface area contributed by atoms with Crippen LogP contribution < -0.4 is 10.2 Å². The van der Waals surface area contributed by atoms with Crippen molar-refractivity contribution in [3.63, 3.8) is 0 Å². The summed E-state index contributed by atoms with van der Waals surface area (Å²) in [5, 5.41) is 14.8. The Kier molecular flexibility index (Phi) is 5.13. The number of amides is 1. The molecule has 0 saturated carbocycles. The van der Waals surface area contributed by atoms with Crippen LogP contribution in [0.1, 0.15) is 15.4 Å². The van der Waals surface area contributed by atoms with Gasteiger partial charge >= 0.3 is 0 Å². The number of nitrogens with one attached hydrogen (secondary N) is 1. The molecule has 0 spiro atoms. The average molecular weight is 370 g/mol. The van der Waals surface area contributed by atoms with Crippen LogP contribution in [0.15, 0.2) is 42.5 Å². The van der Waals surface area contributed by atoms with Gasteiger partial charge in [-0.05, 0) is 18.2 Å². The van der Waals surface area contributed by atoms with E-state index < -0.39 is 4.92 Å². The zero-order valence-corrected chi connectivity index (χ0v) is 15.2. The van der Waals surface area contributed by atoms with E-state index in [1.807, 2.05) is 24.3 Å². The quantitative estimate of drug-likeness (QED) is 0.531. The Labute approximate surface area is 154 Å². The molecule has 1 amide bonds. The molecule has 0 unspecified atom stereocenters. The zero-order valence-electron chi connectivity index (χ0n) is 14.4. The highest BCUT2D eigenvalue weighted by Gasteiger charge is 2.17. The summed E-state index contributed by atoms with van der Waals surface area (Å²) in [5.74, 6) is -0.335. The van der Waals surface area contributed by atoms with Crippen molar-refractivity contribution in [2.75, 3.05) is 25.5 Å². The molecular weight excluding hydrogens is 352 g/mol. The number of carbonyl (C=O) groups excluding carboxylic acids is 1. The fourth-order valence-electron chi connectivity index (χ4n) is 2.61. The lowest BCUT2D eigenvalue weighted by Crippen LogP contribution is -2.27. The number of benzene rings is 2. The van der Waals surface area contributed by atoms with Gasteiger partial charge in [-0.3, -0.25) is 14.9 Å². The first-order valence-electron chi connectivity index (χ1n) is 8.04. The normalized spacial score (nSPS) is 10.7. The summed E-state index contributed by atoms with van der Waals surface area (Å²) in [6, 6.07) is 12.2. The molecule has 1 aromatic heterocycles. The van der Waals surface area contributed by atoms with Gasteiger partial charge in [0.25, 0.3) is 11.6 Å². The molecule has 134 valence electrons. The van der Waals surface area contributed by atoms with Crippen LogP contribution in [0.3, 0.4) is 0 Å². The van der Waals surface area contributed by atoms with Gasteiger partial charge in [0.05, 0.1) is 25.7 Å². The Bertz CT molecular complexity index is 935. The molecular formula is C18H18N4O3S. The van der Waals surface area contributed by atoms with E-state index in [-0.39, 0.29) is 17.2 Å². The number of hydrogen-bond donors (Lipinski definition) is 1. The summed E-state index contributed by atoms with van der Waals surface area (Å²) < 4.78 is 1.11. The monoisotopic (exact) mass is 370 g/mol. The molecule has 0 saturated heterocycles. The number of thiazole rings is 1. The van der Waals surface area contributed by atoms with Crippen LogP contribution in [0.5, 0.6) is 0 Å². The number of para-hydroxylation sites is 1. The minimum Gasteiger partial charge on any atom is -0.377 e. The highest BCUT2D eigenvalue weighted by Crippen LogP contribution is 2.24. The molecule has 0 radical (unpaired) electrons. The van der Waals surface area contributed by atoms with Gasteiger partial charge in [-0.2, -0.15) is 0 Å². The smallest absolute Gasteiger partial charge is 0.270 e. The number of nitrogens with zero attached hydrogens (tertiary/aromatic N) is 3. The number of aromatic nitrogens is 1. The van der Waals surface area contributed by atoms with Crippen molar-refractivity contribution in [1.29, 1.82) is 0 Å². The van der Waals surface area contributed by atoms with Crippen LogP contribution in [0.4, 0.5) is 11.4 Å². The Morgan fingerprint density at radius 2 is 2.04 bits per heavy atom. The largest absolute Gasteiger partial charge is 0.377 e. The number of nitro groups is 1. The summed E-state index contributed by atoms with van der Waals surface area (Å²) in [7, 11) is 3.58. The molecule has 0 bridgehead atoms. The number of anilines is 1. The van der Waals surface area contributed by atoms with Crippen LogP contribution in [0.25, 0.3) is 10.2 Å². The summed E-state index contributed by atoms with van der Waals surface area (Å²) in [5.41, 5.74) is 1.76. The van der Waals surface area contributed by atoms with Gasteiger partial charge in [0, 0.05) is 44.9 Å². The van der Waals surface area contributed by atoms with E-state index in [0.717, 1.165) is 15.2 Å². The van der Waals surface area contributed by atoms with Gasteiger partial charge in [0.1, 0.15) is 0 Å². The van der Waals surface area contributed by atoms with Crippen molar-refractivity contribution in [3.8, 4) is 0 Å². The van der Waals surface area contributed by atoms with E-state index in [1.165, 1.54) is 12.1 Å². The minimum atomic E-state index is -0.503. The lowest BCUT2D eigenvalue weighted by Gasteiger charge is -2.16. The van der Waals surface area contributed by atoms with Crippen molar-refractivity contribution in [2.24, 2.45) is 0 Å². The van der Waals surface area contributed by atoms with E-state index in [1.54, 1.807) is 36.4 Å². The molecule has 1 heterocycles. The predicted molar refractivity (Wildman–Crippen MR) is 103 cm³/mol. The molecule has 0 atom stereocenters. The Hall–Kier alpha value is -3.00. The van der Waals surface area contributed by atoms with E-state index in [9.17, 15) is 14.9 Å². The van der Waals surface area contributed by atoms with Crippen LogP contribution in [0, 0.1) is 10.1 Å². The molecule has 7 nitrogen and oxygen atoms in total. The number of nitro benzene ring substituents is 1. The molecule has 0 aliphatic carbocycles. The van der Waals surface area contributed by atoms with E-state index in [0.29, 0.717) is 18.7 Å². The van der Waals surface area contributed by atoms with Gasteiger partial charge in [-0.25, -0.2) is 4.98 Å². The minimum absolute atomic E-state index is 0.105. The molecule has 1 N–H and O–H groups in total. The van der Waals surface area contributed by atoms with Crippen molar-refractivity contribution >= 4 is 38.8 Å². The number of rotatable bonds is 6. The van der Waals surface area contributed by atoms with Crippen molar-refractivity contribution in [3.05, 3.63) is 63.1 Å². The van der Waals surface area contributed by atoms with E-state index in [2.05, 4.69) is 10.3 Å². The van der Waals surface area contributed by atoms with Crippen LogP contribution in [-0.2, 0) is 6.42 Å². The Balaban J connectivity index is 1.71. The average Bonchev–Trinajstić information content (AvgIpc) is 3.03. The van der Waals surface area contributed by atoms with E-state index >= 15 is 0 Å². The SMILES string of the molecule is CN(C)c1ccc([N+](=O)[O-])cc1C(=O)NCCc1nc2ccccc2s1. The maximum atomic E-state index is 12.5. The van der Waals surface area contributed by atoms with Gasteiger partial charge in [-0.1, -0.05) is 12.1 Å². The second kappa shape index (κ2) is 7.49. The van der Waals surface area contributed by atoms with Gasteiger partial charge in [0.15, 0.2) is 0 Å². The van der Waals surface area contributed by atoms with Gasteiger partial charge in [0.2, 0.25) is 0 Å². The van der Waals surface area contributed by atoms with Crippen LogP contribution >= 0.6 is 11.3 Å². The first-order chi connectivity index (χ1) is 12.5. The molecule has 0 fully saturated rings. The highest BCUT2D eigenvalue weighted by molar-refractivity contribution is 7.18. The molecule has 2 aromatic carbocycles. The number of hydrogen-bond acceptors (Lipinski definition) is 6. The Morgan fingerprint density at radius 3 is 2.73 bits per heavy atom. The number of fused-ring (bicyclic) bond motifs is 1. The van der Waals surface area contributed by atoms with Crippen LogP contribution in [-0.4, -0.2) is 36.5 Å². The van der Waals surface area contributed by atoms with Crippen molar-refractivity contribution in [1.82, 2.24) is 10.3 Å². The summed E-state index contributed by atoms with van der Waals surface area (Å²) in [6.07, 6.45) is 0.608. The number of carbonyl (C=O) groups is 1. The second-order valence-electron chi connectivity index (χ2n) is 5.93. The molecule has 0 aliphatic heterocycles. The molecule has 26 heavy (non-hydrogen) atoms. The predicted octanol–water partition coefficient (Wildman–Crippen LogP) is 3.24. The summed E-state index contributed by atoms with van der Waals surface area (Å²) >= 11 is 1.60. The lowest BCUT2D eigenvalue weighted by molar-refractivity contribution is -0.384. The fourth-order valence-corrected chi connectivity index (χ4v) is 3.58. The molecule has 3 rings (SSSR count). The molecule has 0 aliphatic rings. The summed E-state index contributed by atoms with van der Waals surface area (Å²) in [4.78, 5) is 29.3. The molecule has 8 heteroatoms. The first kappa shape index (κ1) is 17.8. The highest BCUT2D eigenvalue weighted by atomic mass is 32.1. The third-order valence-corrected chi connectivity index (χ3v) is 4.98. The van der Waals surface area contributed by atoms with Gasteiger partial charge in [-0.15, -0.1) is 11.3 Å². The van der Waals surface area contributed by atoms with Crippen molar-refractivity contribution in [2.45, 2.75) is 6.42 Å². The number of non-ortho nitro benzene ring substituents is 1. The maximum absolute atomic E-state index is 12.5. The maximum Gasteiger partial charge on any atom is 0.270 e. The summed E-state index contributed by atoms with van der Waals surface area (Å²) in [6.45, 7) is 0.411. The first-order valence-corrected chi connectivity index (χ1v) is 8.86. The third-order valence-electron chi connectivity index (χ3n) is 3.88. The third kappa shape index (κ3) is 3.80. The van der Waals surface area contributed by atoms with Crippen molar-refractivity contribution < 1.29 is 9.72 Å². The van der Waals surface area contributed by atoms with E-state index in [4.69, 9.17) is 0 Å². The standard InChI is InChI=1S/C18H18N4O3S/c1-21(2)15-8-7-12(22(24)25)11-13(15)18(23)19-10-9-17-20-14-5-3-4-6-16(14)26-17/h3-8,11H,9-10H2,1-2H3,(H,19,23). The topological polar surface area (TPSA) is 88.4 Å². The van der Waals surface area contributed by atoms with Gasteiger partial charge < -0.3 is 10.2 Å². The Morgan fingerprint density at radius 1 is 1.27 bits per heavy atom. The fraction of sp³-hybridized carbons (Fsp3) is 0.222. The second-order valence-corrected chi connectivity index (χ2v) is 7.05. The zero-order chi connectivity index (χ0) is 18.7. The lowest BCUT2D eigenvalue weighted by atomic mass is 10.1.